The molecule has 3 atom stereocenters. The zero-order valence-corrected chi connectivity index (χ0v) is 22.2. The molecule has 3 aromatic rings. The Morgan fingerprint density at radius 3 is 2.36 bits per heavy atom. The van der Waals surface area contributed by atoms with Gasteiger partial charge >= 0.3 is 0 Å². The van der Waals surface area contributed by atoms with Gasteiger partial charge in [-0.15, -0.1) is 0 Å². The first-order valence-electron chi connectivity index (χ1n) is 12.4. The highest BCUT2D eigenvalue weighted by atomic mass is 79.9. The van der Waals surface area contributed by atoms with Gasteiger partial charge in [0, 0.05) is 28.9 Å². The SMILES string of the molecule is CN1CC2(COC2)C1.COc1cncc2c1C1(O)CCC(c3ccccc3)C1(c1ccc(Br)cc1)O2. The van der Waals surface area contributed by atoms with Crippen LogP contribution in [0.4, 0.5) is 0 Å². The van der Waals surface area contributed by atoms with Crippen molar-refractivity contribution >= 4 is 15.9 Å². The van der Waals surface area contributed by atoms with E-state index in [2.05, 4.69) is 45.0 Å². The second-order valence-electron chi connectivity index (χ2n) is 10.6. The van der Waals surface area contributed by atoms with Gasteiger partial charge in [0.2, 0.25) is 0 Å². The van der Waals surface area contributed by atoms with Gasteiger partial charge in [-0.1, -0.05) is 58.4 Å². The van der Waals surface area contributed by atoms with E-state index in [1.165, 1.54) is 13.1 Å². The molecule has 0 amide bonds. The fourth-order valence-corrected chi connectivity index (χ4v) is 6.95. The quantitative estimate of drug-likeness (QED) is 0.502. The summed E-state index contributed by atoms with van der Waals surface area (Å²) in [5.74, 6) is 1.15. The number of halogens is 1. The number of ether oxygens (including phenoxy) is 3. The maximum absolute atomic E-state index is 12.2. The Balaban J connectivity index is 0.000000253. The van der Waals surface area contributed by atoms with Gasteiger partial charge in [0.05, 0.1) is 38.3 Å². The highest BCUT2D eigenvalue weighted by Gasteiger charge is 2.69. The minimum atomic E-state index is -1.20. The van der Waals surface area contributed by atoms with Gasteiger partial charge < -0.3 is 24.2 Å². The number of fused-ring (bicyclic) bond motifs is 3. The molecule has 4 heterocycles. The van der Waals surface area contributed by atoms with Crippen molar-refractivity contribution in [3.8, 4) is 11.5 Å². The number of nitrogens with zero attached hydrogens (tertiary/aromatic N) is 2. The average molecular weight is 551 g/mol. The molecular formula is C29H31BrN2O4. The van der Waals surface area contributed by atoms with E-state index in [1.807, 2.05) is 42.5 Å². The molecule has 3 aliphatic heterocycles. The number of pyridine rings is 1. The maximum Gasteiger partial charge on any atom is 0.174 e. The van der Waals surface area contributed by atoms with Crippen molar-refractivity contribution in [2.24, 2.45) is 5.41 Å². The third-order valence-electron chi connectivity index (χ3n) is 8.18. The minimum absolute atomic E-state index is 0.00279. The predicted molar refractivity (Wildman–Crippen MR) is 140 cm³/mol. The van der Waals surface area contributed by atoms with Crippen molar-refractivity contribution in [1.29, 1.82) is 0 Å². The maximum atomic E-state index is 12.2. The van der Waals surface area contributed by atoms with Gasteiger partial charge in [0.1, 0.15) is 17.1 Å². The molecule has 7 rings (SSSR count). The van der Waals surface area contributed by atoms with Crippen LogP contribution in [-0.4, -0.2) is 55.5 Å². The molecule has 1 aromatic heterocycles. The normalized spacial score (nSPS) is 29.2. The smallest absolute Gasteiger partial charge is 0.174 e. The summed E-state index contributed by atoms with van der Waals surface area (Å²) in [6.07, 6.45) is 4.71. The first-order valence-corrected chi connectivity index (χ1v) is 13.2. The average Bonchev–Trinajstić information content (AvgIpc) is 3.29. The van der Waals surface area contributed by atoms with Crippen LogP contribution < -0.4 is 9.47 Å². The lowest BCUT2D eigenvalue weighted by Gasteiger charge is -2.53. The van der Waals surface area contributed by atoms with E-state index in [-0.39, 0.29) is 5.92 Å². The number of aliphatic hydroxyl groups is 1. The second-order valence-corrected chi connectivity index (χ2v) is 11.5. The van der Waals surface area contributed by atoms with E-state index in [9.17, 15) is 5.11 Å². The van der Waals surface area contributed by atoms with E-state index >= 15 is 0 Å². The molecule has 1 saturated carbocycles. The number of hydrogen-bond acceptors (Lipinski definition) is 6. The van der Waals surface area contributed by atoms with Crippen molar-refractivity contribution < 1.29 is 19.3 Å². The van der Waals surface area contributed by atoms with Crippen molar-refractivity contribution in [2.75, 3.05) is 40.5 Å². The molecular weight excluding hydrogens is 520 g/mol. The van der Waals surface area contributed by atoms with Crippen LogP contribution in [0.15, 0.2) is 71.5 Å². The molecule has 0 radical (unpaired) electrons. The lowest BCUT2D eigenvalue weighted by atomic mass is 9.72. The molecule has 3 fully saturated rings. The minimum Gasteiger partial charge on any atom is -0.495 e. The fourth-order valence-electron chi connectivity index (χ4n) is 6.69. The molecule has 0 bridgehead atoms. The van der Waals surface area contributed by atoms with E-state index in [0.29, 0.717) is 28.9 Å². The summed E-state index contributed by atoms with van der Waals surface area (Å²) in [6.45, 7) is 4.54. The van der Waals surface area contributed by atoms with E-state index in [1.54, 1.807) is 19.5 Å². The van der Waals surface area contributed by atoms with Gasteiger partial charge in [-0.3, -0.25) is 4.98 Å². The van der Waals surface area contributed by atoms with Crippen LogP contribution in [-0.2, 0) is 15.9 Å². The lowest BCUT2D eigenvalue weighted by Crippen LogP contribution is -2.64. The Morgan fingerprint density at radius 2 is 1.78 bits per heavy atom. The first kappa shape index (κ1) is 23.9. The largest absolute Gasteiger partial charge is 0.495 e. The topological polar surface area (TPSA) is 64.1 Å². The summed E-state index contributed by atoms with van der Waals surface area (Å²) in [6, 6.07) is 18.3. The number of methoxy groups -OCH3 is 1. The molecule has 188 valence electrons. The molecule has 6 nitrogen and oxygen atoms in total. The van der Waals surface area contributed by atoms with Crippen LogP contribution >= 0.6 is 15.9 Å². The van der Waals surface area contributed by atoms with Gasteiger partial charge in [-0.2, -0.15) is 0 Å². The van der Waals surface area contributed by atoms with Gasteiger partial charge in [-0.05, 0) is 43.1 Å². The zero-order valence-electron chi connectivity index (χ0n) is 20.6. The summed E-state index contributed by atoms with van der Waals surface area (Å²) in [5.41, 5.74) is 1.28. The Morgan fingerprint density at radius 1 is 1.06 bits per heavy atom. The predicted octanol–water partition coefficient (Wildman–Crippen LogP) is 4.85. The Bertz CT molecular complexity index is 1240. The van der Waals surface area contributed by atoms with E-state index < -0.39 is 11.2 Å². The standard InChI is InChI=1S/C23H20BrNO3.C6H11NO/c1-27-19-13-25-14-20-21(19)22(26)12-11-18(15-5-3-2-4-6-15)23(22,28-20)16-7-9-17(24)10-8-16;1-7-2-6(3-7)4-8-5-6/h2-10,13-14,18,26H,11-12H2,1H3;2-5H2,1H3. The van der Waals surface area contributed by atoms with Crippen molar-refractivity contribution in [3.05, 3.63) is 88.2 Å². The van der Waals surface area contributed by atoms with Gasteiger partial charge in [-0.25, -0.2) is 0 Å². The summed E-state index contributed by atoms with van der Waals surface area (Å²) in [4.78, 5) is 6.59. The molecule has 7 heteroatoms. The summed E-state index contributed by atoms with van der Waals surface area (Å²) in [7, 11) is 3.76. The molecule has 2 saturated heterocycles. The third kappa shape index (κ3) is 3.51. The van der Waals surface area contributed by atoms with Crippen LogP contribution in [0, 0.1) is 5.41 Å². The molecule has 36 heavy (non-hydrogen) atoms. The monoisotopic (exact) mass is 550 g/mol. The van der Waals surface area contributed by atoms with Crippen LogP contribution in [0.2, 0.25) is 0 Å². The highest BCUT2D eigenvalue weighted by Crippen LogP contribution is 2.67. The van der Waals surface area contributed by atoms with Crippen molar-refractivity contribution in [3.63, 3.8) is 0 Å². The molecule has 2 aromatic carbocycles. The Hall–Kier alpha value is -2.45. The second kappa shape index (κ2) is 8.84. The number of likely N-dealkylation sites (tertiary alicyclic amines) is 1. The summed E-state index contributed by atoms with van der Waals surface area (Å²) >= 11 is 3.52. The molecule has 4 aliphatic rings. The molecule has 1 spiro atoms. The third-order valence-corrected chi connectivity index (χ3v) is 8.71. The number of rotatable bonds is 3. The van der Waals surface area contributed by atoms with Crippen LogP contribution in [0.3, 0.4) is 0 Å². The number of aromatic nitrogens is 1. The van der Waals surface area contributed by atoms with Crippen molar-refractivity contribution in [1.82, 2.24) is 9.88 Å². The van der Waals surface area contributed by atoms with Crippen LogP contribution in [0.1, 0.15) is 35.4 Å². The van der Waals surface area contributed by atoms with E-state index in [0.717, 1.165) is 35.2 Å². The fraction of sp³-hybridized carbons (Fsp3) is 0.414. The zero-order chi connectivity index (χ0) is 25.0. The Kier molecular flexibility index (Phi) is 5.87. The summed E-state index contributed by atoms with van der Waals surface area (Å²) < 4.78 is 18.3. The number of benzene rings is 2. The Labute approximate surface area is 220 Å². The van der Waals surface area contributed by atoms with Crippen LogP contribution in [0.25, 0.3) is 0 Å². The first-order chi connectivity index (χ1) is 17.4. The molecule has 1 N–H and O–H groups in total. The molecule has 3 unspecified atom stereocenters. The van der Waals surface area contributed by atoms with Crippen molar-refractivity contribution in [2.45, 2.75) is 30.0 Å². The van der Waals surface area contributed by atoms with Gasteiger partial charge in [0.25, 0.3) is 0 Å². The van der Waals surface area contributed by atoms with Gasteiger partial charge in [0.15, 0.2) is 5.60 Å². The number of hydrogen-bond donors (Lipinski definition) is 1. The lowest BCUT2D eigenvalue weighted by molar-refractivity contribution is -0.182. The van der Waals surface area contributed by atoms with E-state index in [4.69, 9.17) is 14.2 Å². The summed E-state index contributed by atoms with van der Waals surface area (Å²) in [5, 5.41) is 12.2. The highest BCUT2D eigenvalue weighted by molar-refractivity contribution is 9.10. The van der Waals surface area contributed by atoms with Crippen LogP contribution in [0.5, 0.6) is 11.5 Å². The molecule has 1 aliphatic carbocycles.